The van der Waals surface area contributed by atoms with Crippen LogP contribution in [0.3, 0.4) is 0 Å². The Morgan fingerprint density at radius 2 is 2.25 bits per heavy atom. The number of amides is 1. The van der Waals surface area contributed by atoms with Gasteiger partial charge in [0.2, 0.25) is 5.91 Å². The normalized spacial score (nSPS) is 18.4. The van der Waals surface area contributed by atoms with Gasteiger partial charge in [0.1, 0.15) is 0 Å². The third kappa shape index (κ3) is 2.68. The van der Waals surface area contributed by atoms with Crippen molar-refractivity contribution >= 4 is 5.91 Å². The first kappa shape index (κ1) is 12.8. The maximum absolute atomic E-state index is 12.4. The number of likely N-dealkylation sites (tertiary alicyclic amines) is 1. The molecule has 0 radical (unpaired) electrons. The maximum atomic E-state index is 12.4. The van der Waals surface area contributed by atoms with Crippen LogP contribution >= 0.6 is 0 Å². The van der Waals surface area contributed by atoms with E-state index in [4.69, 9.17) is 0 Å². The van der Waals surface area contributed by atoms with Gasteiger partial charge in [0.05, 0.1) is 24.3 Å². The molecule has 6 heteroatoms. The molecule has 2 aromatic rings. The summed E-state index contributed by atoms with van der Waals surface area (Å²) in [4.78, 5) is 26.7. The largest absolute Gasteiger partial charge is 0.337 e. The number of carbonyl (C=O) groups is 1. The number of hydrogen-bond donors (Lipinski definition) is 0. The van der Waals surface area contributed by atoms with Crippen LogP contribution in [0.15, 0.2) is 37.3 Å². The van der Waals surface area contributed by atoms with Crippen LogP contribution in [0, 0.1) is 0 Å². The number of carbonyl (C=O) groups excluding carboxylic acids is 1. The fourth-order valence-corrected chi connectivity index (χ4v) is 2.64. The quantitative estimate of drug-likeness (QED) is 0.843. The van der Waals surface area contributed by atoms with Gasteiger partial charge < -0.3 is 9.47 Å². The first-order chi connectivity index (χ1) is 9.84. The first-order valence-corrected chi connectivity index (χ1v) is 6.86. The van der Waals surface area contributed by atoms with E-state index in [1.54, 1.807) is 31.1 Å². The zero-order chi connectivity index (χ0) is 13.8. The van der Waals surface area contributed by atoms with Crippen LogP contribution in [-0.2, 0) is 11.3 Å². The van der Waals surface area contributed by atoms with Crippen molar-refractivity contribution in [2.75, 3.05) is 6.54 Å². The van der Waals surface area contributed by atoms with Crippen molar-refractivity contribution in [2.45, 2.75) is 31.8 Å². The monoisotopic (exact) mass is 271 g/mol. The third-order valence-electron chi connectivity index (χ3n) is 3.64. The van der Waals surface area contributed by atoms with E-state index in [1.807, 2.05) is 15.7 Å². The molecular formula is C14H17N5O. The summed E-state index contributed by atoms with van der Waals surface area (Å²) < 4.78 is 1.92. The Labute approximate surface area is 117 Å². The molecule has 104 valence electrons. The van der Waals surface area contributed by atoms with Crippen molar-refractivity contribution in [1.82, 2.24) is 24.4 Å². The molecule has 0 aliphatic carbocycles. The Balaban J connectivity index is 1.64. The molecule has 2 aromatic heterocycles. The van der Waals surface area contributed by atoms with E-state index in [0.717, 1.165) is 25.1 Å². The van der Waals surface area contributed by atoms with Gasteiger partial charge in [-0.15, -0.1) is 0 Å². The minimum absolute atomic E-state index is 0.0824. The standard InChI is InChI=1S/C14H17N5O/c20-14(3-8-18-9-6-16-11-18)19-7-1-2-13(19)12-10-15-4-5-17-12/h4-6,9-11,13H,1-3,7-8H2. The van der Waals surface area contributed by atoms with E-state index in [1.165, 1.54) is 0 Å². The Bertz CT molecular complexity index is 554. The fourth-order valence-electron chi connectivity index (χ4n) is 2.64. The second kappa shape index (κ2) is 5.81. The number of nitrogens with zero attached hydrogens (tertiary/aromatic N) is 5. The molecule has 1 fully saturated rings. The summed E-state index contributed by atoms with van der Waals surface area (Å²) in [6.07, 6.45) is 12.9. The summed E-state index contributed by atoms with van der Waals surface area (Å²) in [5.74, 6) is 0.173. The van der Waals surface area contributed by atoms with Crippen molar-refractivity contribution in [3.63, 3.8) is 0 Å². The number of aryl methyl sites for hydroxylation is 1. The molecule has 0 spiro atoms. The molecule has 0 saturated carbocycles. The molecule has 1 aliphatic heterocycles. The molecule has 1 amide bonds. The van der Waals surface area contributed by atoms with Gasteiger partial charge in [0, 0.05) is 44.3 Å². The topological polar surface area (TPSA) is 63.9 Å². The van der Waals surface area contributed by atoms with Gasteiger partial charge in [-0.2, -0.15) is 0 Å². The number of aromatic nitrogens is 4. The molecule has 0 bridgehead atoms. The third-order valence-corrected chi connectivity index (χ3v) is 3.64. The second-order valence-electron chi connectivity index (χ2n) is 4.93. The van der Waals surface area contributed by atoms with Crippen LogP contribution < -0.4 is 0 Å². The van der Waals surface area contributed by atoms with Crippen LogP contribution in [0.2, 0.25) is 0 Å². The van der Waals surface area contributed by atoms with Gasteiger partial charge in [-0.1, -0.05) is 0 Å². The van der Waals surface area contributed by atoms with E-state index < -0.39 is 0 Å². The molecule has 6 nitrogen and oxygen atoms in total. The first-order valence-electron chi connectivity index (χ1n) is 6.86. The Kier molecular flexibility index (Phi) is 3.71. The zero-order valence-corrected chi connectivity index (χ0v) is 11.2. The van der Waals surface area contributed by atoms with Crippen molar-refractivity contribution in [1.29, 1.82) is 0 Å². The van der Waals surface area contributed by atoms with E-state index >= 15 is 0 Å². The summed E-state index contributed by atoms with van der Waals surface area (Å²) in [5, 5.41) is 0. The molecule has 1 atom stereocenters. The van der Waals surface area contributed by atoms with Crippen LogP contribution in [0.4, 0.5) is 0 Å². The number of hydrogen-bond acceptors (Lipinski definition) is 4. The van der Waals surface area contributed by atoms with Gasteiger partial charge >= 0.3 is 0 Å². The van der Waals surface area contributed by atoms with Crippen molar-refractivity contribution in [2.24, 2.45) is 0 Å². The van der Waals surface area contributed by atoms with Crippen molar-refractivity contribution < 1.29 is 4.79 Å². The van der Waals surface area contributed by atoms with Crippen molar-refractivity contribution in [3.05, 3.63) is 43.0 Å². The highest BCUT2D eigenvalue weighted by molar-refractivity contribution is 5.76. The molecule has 20 heavy (non-hydrogen) atoms. The van der Waals surface area contributed by atoms with Crippen LogP contribution in [0.1, 0.15) is 31.0 Å². The summed E-state index contributed by atoms with van der Waals surface area (Å²) in [7, 11) is 0. The molecule has 3 rings (SSSR count). The number of imidazole rings is 1. The lowest BCUT2D eigenvalue weighted by molar-refractivity contribution is -0.132. The summed E-state index contributed by atoms with van der Waals surface area (Å²) in [6.45, 7) is 1.48. The van der Waals surface area contributed by atoms with Gasteiger partial charge in [-0.05, 0) is 12.8 Å². The minimum Gasteiger partial charge on any atom is -0.337 e. The van der Waals surface area contributed by atoms with E-state index in [2.05, 4.69) is 15.0 Å². The van der Waals surface area contributed by atoms with Crippen LogP contribution in [-0.4, -0.2) is 36.9 Å². The lowest BCUT2D eigenvalue weighted by Gasteiger charge is -2.24. The van der Waals surface area contributed by atoms with E-state index in [-0.39, 0.29) is 11.9 Å². The zero-order valence-electron chi connectivity index (χ0n) is 11.2. The SMILES string of the molecule is O=C(CCn1ccnc1)N1CCCC1c1cnccn1. The Morgan fingerprint density at radius 3 is 3.00 bits per heavy atom. The molecule has 1 aliphatic rings. The van der Waals surface area contributed by atoms with Gasteiger partial charge in [0.15, 0.2) is 0 Å². The summed E-state index contributed by atoms with van der Waals surface area (Å²) >= 11 is 0. The highest BCUT2D eigenvalue weighted by atomic mass is 16.2. The Hall–Kier alpha value is -2.24. The highest BCUT2D eigenvalue weighted by Gasteiger charge is 2.30. The van der Waals surface area contributed by atoms with Crippen LogP contribution in [0.5, 0.6) is 0 Å². The van der Waals surface area contributed by atoms with E-state index in [0.29, 0.717) is 13.0 Å². The molecule has 3 heterocycles. The molecule has 1 saturated heterocycles. The lowest BCUT2D eigenvalue weighted by atomic mass is 10.1. The molecular weight excluding hydrogens is 254 g/mol. The smallest absolute Gasteiger partial charge is 0.224 e. The number of rotatable bonds is 4. The van der Waals surface area contributed by atoms with Crippen LogP contribution in [0.25, 0.3) is 0 Å². The molecule has 0 N–H and O–H groups in total. The second-order valence-corrected chi connectivity index (χ2v) is 4.93. The van der Waals surface area contributed by atoms with Crippen molar-refractivity contribution in [3.8, 4) is 0 Å². The maximum Gasteiger partial charge on any atom is 0.224 e. The summed E-state index contributed by atoms with van der Waals surface area (Å²) in [6, 6.07) is 0.0824. The fraction of sp³-hybridized carbons (Fsp3) is 0.429. The molecule has 0 aromatic carbocycles. The van der Waals surface area contributed by atoms with Gasteiger partial charge in [0.25, 0.3) is 0 Å². The average Bonchev–Trinajstić information content (AvgIpc) is 3.17. The Morgan fingerprint density at radius 1 is 1.30 bits per heavy atom. The predicted molar refractivity (Wildman–Crippen MR) is 72.6 cm³/mol. The highest BCUT2D eigenvalue weighted by Crippen LogP contribution is 2.30. The van der Waals surface area contributed by atoms with E-state index in [9.17, 15) is 4.79 Å². The van der Waals surface area contributed by atoms with Gasteiger partial charge in [-0.3, -0.25) is 14.8 Å². The lowest BCUT2D eigenvalue weighted by Crippen LogP contribution is -2.31. The van der Waals surface area contributed by atoms with Gasteiger partial charge in [-0.25, -0.2) is 4.98 Å². The molecule has 1 unspecified atom stereocenters. The predicted octanol–water partition coefficient (Wildman–Crippen LogP) is 1.43. The summed E-state index contributed by atoms with van der Waals surface area (Å²) in [5.41, 5.74) is 0.890. The average molecular weight is 271 g/mol. The minimum atomic E-state index is 0.0824.